The van der Waals surface area contributed by atoms with E-state index in [-0.39, 0.29) is 18.7 Å². The molecule has 2 aliphatic heterocycles. The molecule has 2 atom stereocenters. The van der Waals surface area contributed by atoms with Gasteiger partial charge in [0.2, 0.25) is 11.8 Å². The number of carbonyl (C=O) groups excluding carboxylic acids is 3. The third kappa shape index (κ3) is 3.95. The van der Waals surface area contributed by atoms with Gasteiger partial charge in [-0.05, 0) is 42.3 Å². The summed E-state index contributed by atoms with van der Waals surface area (Å²) in [7, 11) is 1.63. The summed E-state index contributed by atoms with van der Waals surface area (Å²) >= 11 is 0. The van der Waals surface area contributed by atoms with Gasteiger partial charge in [0, 0.05) is 35.9 Å². The molecule has 0 aliphatic carbocycles. The highest BCUT2D eigenvalue weighted by Gasteiger charge is 2.44. The Morgan fingerprint density at radius 1 is 1.11 bits per heavy atom. The van der Waals surface area contributed by atoms with Gasteiger partial charge in [0.1, 0.15) is 29.0 Å². The molecule has 3 N–H and O–H groups in total. The van der Waals surface area contributed by atoms with Gasteiger partial charge >= 0.3 is 0 Å². The Hall–Kier alpha value is -4.70. The van der Waals surface area contributed by atoms with E-state index in [4.69, 9.17) is 9.72 Å². The van der Waals surface area contributed by atoms with Gasteiger partial charge in [0.05, 0.1) is 7.11 Å². The molecule has 4 heterocycles. The number of aliphatic hydroxyl groups is 1. The Kier molecular flexibility index (Phi) is 5.80. The minimum Gasteiger partial charge on any atom is -0.497 e. The molecule has 0 bridgehead atoms. The van der Waals surface area contributed by atoms with Gasteiger partial charge in [-0.15, -0.1) is 0 Å². The minimum absolute atomic E-state index is 0.110. The Morgan fingerprint density at radius 3 is 2.68 bits per heavy atom. The Morgan fingerprint density at radius 2 is 1.92 bits per heavy atom. The lowest BCUT2D eigenvalue weighted by atomic mass is 10.0. The molecular formula is C28H25N5O5. The summed E-state index contributed by atoms with van der Waals surface area (Å²) in [5.74, 6) is 0.117. The van der Waals surface area contributed by atoms with E-state index in [1.165, 1.54) is 0 Å². The zero-order chi connectivity index (χ0) is 26.4. The third-order valence-corrected chi connectivity index (χ3v) is 7.03. The van der Waals surface area contributed by atoms with Crippen LogP contribution in [0.25, 0.3) is 16.9 Å². The van der Waals surface area contributed by atoms with Crippen LogP contribution in [-0.4, -0.2) is 50.3 Å². The number of amides is 3. The molecule has 2 aromatic heterocycles. The fourth-order valence-corrected chi connectivity index (χ4v) is 5.07. The molecule has 0 spiro atoms. The number of rotatable bonds is 6. The average Bonchev–Trinajstić information content (AvgIpc) is 3.42. The van der Waals surface area contributed by atoms with E-state index in [9.17, 15) is 19.5 Å². The molecule has 0 radical (unpaired) electrons. The van der Waals surface area contributed by atoms with Crippen molar-refractivity contribution in [2.75, 3.05) is 12.4 Å². The summed E-state index contributed by atoms with van der Waals surface area (Å²) in [6.45, 7) is 0.533. The van der Waals surface area contributed by atoms with Gasteiger partial charge in [-0.2, -0.15) is 0 Å². The number of carbonyl (C=O) groups is 3. The second-order valence-corrected chi connectivity index (χ2v) is 9.29. The van der Waals surface area contributed by atoms with Gasteiger partial charge in [-0.3, -0.25) is 29.0 Å². The van der Waals surface area contributed by atoms with Gasteiger partial charge < -0.3 is 15.2 Å². The number of aromatic nitrogens is 2. The second-order valence-electron chi connectivity index (χ2n) is 9.29. The maximum absolute atomic E-state index is 13.4. The van der Waals surface area contributed by atoms with E-state index in [1.54, 1.807) is 19.2 Å². The van der Waals surface area contributed by atoms with Crippen LogP contribution < -0.4 is 15.4 Å². The molecule has 1 fully saturated rings. The second kappa shape index (κ2) is 9.31. The van der Waals surface area contributed by atoms with Crippen molar-refractivity contribution < 1.29 is 24.2 Å². The predicted molar refractivity (Wildman–Crippen MR) is 138 cm³/mol. The molecule has 38 heavy (non-hydrogen) atoms. The van der Waals surface area contributed by atoms with Crippen molar-refractivity contribution in [3.63, 3.8) is 0 Å². The highest BCUT2D eigenvalue weighted by molar-refractivity contribution is 6.06. The molecule has 4 aromatic rings. The molecule has 2 aliphatic rings. The first-order valence-corrected chi connectivity index (χ1v) is 12.3. The van der Waals surface area contributed by atoms with Gasteiger partial charge in [0.25, 0.3) is 5.91 Å². The molecular weight excluding hydrogens is 486 g/mol. The average molecular weight is 512 g/mol. The Bertz CT molecular complexity index is 1580. The fourth-order valence-electron chi connectivity index (χ4n) is 5.07. The van der Waals surface area contributed by atoms with Crippen molar-refractivity contribution in [3.05, 3.63) is 83.6 Å². The SMILES string of the molecule is COc1ccc(CNc2c(-c3ccc4c(c3)C(=O)N(C3CCC(=O)NC3=O)C4O)nc3ccccn23)cc1. The molecule has 10 heteroatoms. The lowest BCUT2D eigenvalue weighted by molar-refractivity contribution is -0.139. The van der Waals surface area contributed by atoms with Crippen molar-refractivity contribution >= 4 is 29.2 Å². The highest BCUT2D eigenvalue weighted by atomic mass is 16.5. The van der Waals surface area contributed by atoms with Crippen molar-refractivity contribution in [1.29, 1.82) is 0 Å². The zero-order valence-corrected chi connectivity index (χ0v) is 20.5. The number of benzene rings is 2. The standard InChI is InChI=1S/C28H25N5O5/c1-38-18-8-5-16(6-9-18)15-29-25-24(30-22-4-2-3-13-32(22)25)17-7-10-19-20(14-17)28(37)33(27(19)36)21-11-12-23(34)31-26(21)35/h2-10,13-14,21,27,29,36H,11-12,15H2,1H3,(H,31,34,35). The van der Waals surface area contributed by atoms with Crippen molar-refractivity contribution in [2.45, 2.75) is 31.7 Å². The van der Waals surface area contributed by atoms with Crippen molar-refractivity contribution in [2.24, 2.45) is 0 Å². The number of aliphatic hydroxyl groups excluding tert-OH is 1. The summed E-state index contributed by atoms with van der Waals surface area (Å²) in [5, 5.41) is 16.7. The van der Waals surface area contributed by atoms with E-state index in [0.717, 1.165) is 27.7 Å². The number of imide groups is 1. The monoisotopic (exact) mass is 511 g/mol. The van der Waals surface area contributed by atoms with E-state index >= 15 is 0 Å². The van der Waals surface area contributed by atoms with Crippen LogP contribution in [0.1, 0.15) is 40.6 Å². The largest absolute Gasteiger partial charge is 0.497 e. The molecule has 6 rings (SSSR count). The normalized spacial score (nSPS) is 19.0. The number of hydrogen-bond acceptors (Lipinski definition) is 7. The Labute approximate surface area is 217 Å². The van der Waals surface area contributed by atoms with E-state index < -0.39 is 24.1 Å². The number of hydrogen-bond donors (Lipinski definition) is 3. The first-order valence-electron chi connectivity index (χ1n) is 12.3. The lowest BCUT2D eigenvalue weighted by Crippen LogP contribution is -2.53. The maximum atomic E-state index is 13.4. The topological polar surface area (TPSA) is 125 Å². The van der Waals surface area contributed by atoms with Crippen LogP contribution in [0.3, 0.4) is 0 Å². The van der Waals surface area contributed by atoms with Gasteiger partial charge in [-0.25, -0.2) is 4.98 Å². The smallest absolute Gasteiger partial charge is 0.257 e. The molecule has 2 unspecified atom stereocenters. The quantitative estimate of drug-likeness (QED) is 0.340. The summed E-state index contributed by atoms with van der Waals surface area (Å²) in [5.41, 5.74) is 3.84. The number of nitrogens with one attached hydrogen (secondary N) is 2. The highest BCUT2D eigenvalue weighted by Crippen LogP contribution is 2.38. The molecule has 192 valence electrons. The van der Waals surface area contributed by atoms with Crippen LogP contribution in [-0.2, 0) is 16.1 Å². The predicted octanol–water partition coefficient (Wildman–Crippen LogP) is 2.87. The number of ether oxygens (including phenoxy) is 1. The van der Waals surface area contributed by atoms with Crippen LogP contribution in [0.4, 0.5) is 5.82 Å². The number of fused-ring (bicyclic) bond motifs is 2. The molecule has 2 aromatic carbocycles. The molecule has 1 saturated heterocycles. The zero-order valence-electron chi connectivity index (χ0n) is 20.5. The number of methoxy groups -OCH3 is 1. The van der Waals surface area contributed by atoms with Crippen LogP contribution in [0.15, 0.2) is 66.9 Å². The number of imidazole rings is 1. The van der Waals surface area contributed by atoms with Crippen molar-refractivity contribution in [3.8, 4) is 17.0 Å². The van der Waals surface area contributed by atoms with Gasteiger partial charge in [0.15, 0.2) is 6.23 Å². The van der Waals surface area contributed by atoms with Gasteiger partial charge in [-0.1, -0.05) is 30.3 Å². The molecule has 0 saturated carbocycles. The summed E-state index contributed by atoms with van der Waals surface area (Å²) in [6, 6.07) is 17.8. The van der Waals surface area contributed by atoms with E-state index in [0.29, 0.717) is 28.9 Å². The summed E-state index contributed by atoms with van der Waals surface area (Å²) < 4.78 is 7.19. The maximum Gasteiger partial charge on any atom is 0.257 e. The molecule has 3 amide bonds. The number of anilines is 1. The lowest BCUT2D eigenvalue weighted by Gasteiger charge is -2.31. The van der Waals surface area contributed by atoms with Crippen LogP contribution in [0.2, 0.25) is 0 Å². The van der Waals surface area contributed by atoms with Crippen LogP contribution >= 0.6 is 0 Å². The van der Waals surface area contributed by atoms with Crippen LogP contribution in [0, 0.1) is 0 Å². The fraction of sp³-hybridized carbons (Fsp3) is 0.214. The summed E-state index contributed by atoms with van der Waals surface area (Å²) in [4.78, 5) is 43.4. The Balaban J connectivity index is 1.34. The number of pyridine rings is 1. The minimum atomic E-state index is -1.27. The van der Waals surface area contributed by atoms with E-state index in [1.807, 2.05) is 59.1 Å². The first-order chi connectivity index (χ1) is 18.4. The first kappa shape index (κ1) is 23.7. The third-order valence-electron chi connectivity index (χ3n) is 7.03. The van der Waals surface area contributed by atoms with E-state index in [2.05, 4.69) is 10.6 Å². The number of piperidine rings is 1. The number of nitrogens with zero attached hydrogens (tertiary/aromatic N) is 3. The summed E-state index contributed by atoms with van der Waals surface area (Å²) in [6.07, 6.45) is 0.915. The molecule has 10 nitrogen and oxygen atoms in total. The van der Waals surface area contributed by atoms with Crippen LogP contribution in [0.5, 0.6) is 5.75 Å². The van der Waals surface area contributed by atoms with Crippen molar-refractivity contribution in [1.82, 2.24) is 19.6 Å².